The fourth-order valence-corrected chi connectivity index (χ4v) is 3.99. The van der Waals surface area contributed by atoms with E-state index in [-0.39, 0.29) is 5.91 Å². The molecule has 4 rings (SSSR count). The fraction of sp³-hybridized carbons (Fsp3) is 0.391. The predicted molar refractivity (Wildman–Crippen MR) is 109 cm³/mol. The summed E-state index contributed by atoms with van der Waals surface area (Å²) in [6.07, 6.45) is 1.72. The maximum Gasteiger partial charge on any atom is 0.272 e. The van der Waals surface area contributed by atoms with Crippen LogP contribution in [0.5, 0.6) is 0 Å². The Morgan fingerprint density at radius 3 is 2.44 bits per heavy atom. The smallest absolute Gasteiger partial charge is 0.272 e. The normalized spacial score (nSPS) is 19.2. The second-order valence-electron chi connectivity index (χ2n) is 7.95. The van der Waals surface area contributed by atoms with Crippen molar-refractivity contribution in [2.24, 2.45) is 4.99 Å². The van der Waals surface area contributed by atoms with E-state index in [1.54, 1.807) is 0 Å². The van der Waals surface area contributed by atoms with Crippen LogP contribution >= 0.6 is 0 Å². The summed E-state index contributed by atoms with van der Waals surface area (Å²) in [5, 5.41) is 3.18. The minimum absolute atomic E-state index is 0.0365. The van der Waals surface area contributed by atoms with E-state index in [2.05, 4.69) is 67.4 Å². The number of aryl methyl sites for hydroxylation is 3. The average molecular weight is 361 g/mol. The van der Waals surface area contributed by atoms with Crippen molar-refractivity contribution in [1.29, 1.82) is 0 Å². The highest BCUT2D eigenvalue weighted by molar-refractivity contribution is 6.46. The Labute approximate surface area is 161 Å². The van der Waals surface area contributed by atoms with Gasteiger partial charge in [-0.2, -0.15) is 0 Å². The van der Waals surface area contributed by atoms with Gasteiger partial charge in [-0.15, -0.1) is 0 Å². The van der Waals surface area contributed by atoms with Crippen LogP contribution in [-0.2, 0) is 11.3 Å². The van der Waals surface area contributed by atoms with Crippen molar-refractivity contribution in [3.05, 3.63) is 70.3 Å². The van der Waals surface area contributed by atoms with Crippen LogP contribution in [0.25, 0.3) is 0 Å². The van der Waals surface area contributed by atoms with Gasteiger partial charge in [0, 0.05) is 38.0 Å². The lowest BCUT2D eigenvalue weighted by molar-refractivity contribution is -0.115. The van der Waals surface area contributed by atoms with Gasteiger partial charge in [0.05, 0.1) is 0 Å². The largest absolute Gasteiger partial charge is 0.326 e. The number of hydrogen-bond donors (Lipinski definition) is 1. The highest BCUT2D eigenvalue weighted by Crippen LogP contribution is 2.30. The number of amides is 1. The van der Waals surface area contributed by atoms with Crippen LogP contribution in [0.1, 0.15) is 40.7 Å². The maximum atomic E-state index is 12.6. The molecule has 140 valence electrons. The van der Waals surface area contributed by atoms with Gasteiger partial charge in [0.1, 0.15) is 11.4 Å². The summed E-state index contributed by atoms with van der Waals surface area (Å²) in [6.45, 7) is 9.17. The molecule has 0 aliphatic carbocycles. The summed E-state index contributed by atoms with van der Waals surface area (Å²) < 4.78 is 0. The zero-order valence-electron chi connectivity index (χ0n) is 16.4. The monoisotopic (exact) mass is 361 g/mol. The Morgan fingerprint density at radius 2 is 1.74 bits per heavy atom. The van der Waals surface area contributed by atoms with Gasteiger partial charge >= 0.3 is 0 Å². The topological polar surface area (TPSA) is 44.7 Å². The number of carbonyl (C=O) groups excluding carboxylic acids is 1. The van der Waals surface area contributed by atoms with Crippen LogP contribution in [0.15, 0.2) is 47.5 Å². The van der Waals surface area contributed by atoms with E-state index in [4.69, 9.17) is 4.99 Å². The Hall–Kier alpha value is -2.46. The molecule has 1 amide bonds. The molecule has 0 atom stereocenters. The van der Waals surface area contributed by atoms with Crippen molar-refractivity contribution in [3.8, 4) is 0 Å². The van der Waals surface area contributed by atoms with Crippen molar-refractivity contribution in [2.75, 3.05) is 13.1 Å². The summed E-state index contributed by atoms with van der Waals surface area (Å²) >= 11 is 0. The van der Waals surface area contributed by atoms with Gasteiger partial charge in [-0.3, -0.25) is 14.7 Å². The number of likely N-dealkylation sites (tertiary alicyclic amines) is 1. The summed E-state index contributed by atoms with van der Waals surface area (Å²) in [7, 11) is 0. The Morgan fingerprint density at radius 1 is 1.00 bits per heavy atom. The molecule has 2 aromatic rings. The first-order valence-corrected chi connectivity index (χ1v) is 9.73. The molecule has 1 N–H and O–H groups in total. The van der Waals surface area contributed by atoms with Crippen LogP contribution in [0.3, 0.4) is 0 Å². The average Bonchev–Trinajstić information content (AvgIpc) is 2.97. The third kappa shape index (κ3) is 3.54. The van der Waals surface area contributed by atoms with Crippen molar-refractivity contribution >= 4 is 11.6 Å². The third-order valence-corrected chi connectivity index (χ3v) is 6.01. The molecule has 1 fully saturated rings. The van der Waals surface area contributed by atoms with Crippen molar-refractivity contribution in [3.63, 3.8) is 0 Å². The SMILES string of the molecule is Cc1ccc(C2=NC3(CCN(Cc4ccccc4C)CC3)NC2=O)cc1C. The standard InChI is InChI=1S/C23H27N3O/c1-16-8-9-19(14-18(16)3)21-22(27)25-23(24-21)10-12-26(13-11-23)15-20-7-5-4-6-17(20)2/h4-9,14H,10-13,15H2,1-3H3,(H,25,27). The van der Waals surface area contributed by atoms with Crippen molar-refractivity contribution in [1.82, 2.24) is 10.2 Å². The number of nitrogens with zero attached hydrogens (tertiary/aromatic N) is 2. The number of benzene rings is 2. The molecule has 4 heteroatoms. The Balaban J connectivity index is 1.48. The predicted octanol–water partition coefficient (Wildman–Crippen LogP) is 3.52. The second kappa shape index (κ2) is 6.93. The first kappa shape index (κ1) is 17.9. The minimum Gasteiger partial charge on any atom is -0.326 e. The van der Waals surface area contributed by atoms with Crippen LogP contribution in [-0.4, -0.2) is 35.3 Å². The van der Waals surface area contributed by atoms with Gasteiger partial charge in [0.15, 0.2) is 0 Å². The highest BCUT2D eigenvalue weighted by Gasteiger charge is 2.42. The zero-order valence-corrected chi connectivity index (χ0v) is 16.4. The van der Waals surface area contributed by atoms with Gasteiger partial charge in [-0.05, 0) is 49.1 Å². The Bertz CT molecular complexity index is 908. The molecule has 0 unspecified atom stereocenters. The van der Waals surface area contributed by atoms with E-state index in [1.807, 2.05) is 6.07 Å². The van der Waals surface area contributed by atoms with Crippen LogP contribution in [0, 0.1) is 20.8 Å². The van der Waals surface area contributed by atoms with Gasteiger partial charge in [0.2, 0.25) is 0 Å². The molecule has 0 bridgehead atoms. The molecule has 4 nitrogen and oxygen atoms in total. The molecule has 0 radical (unpaired) electrons. The van der Waals surface area contributed by atoms with E-state index in [1.165, 1.54) is 22.3 Å². The van der Waals surface area contributed by atoms with Crippen molar-refractivity contribution in [2.45, 2.75) is 45.8 Å². The fourth-order valence-electron chi connectivity index (χ4n) is 3.99. The summed E-state index contributed by atoms with van der Waals surface area (Å²) in [5.41, 5.74) is 6.23. The number of carbonyl (C=O) groups is 1. The van der Waals surface area contributed by atoms with E-state index in [0.29, 0.717) is 5.71 Å². The number of piperidine rings is 1. The molecule has 0 aromatic heterocycles. The lowest BCUT2D eigenvalue weighted by atomic mass is 9.97. The molecular weight excluding hydrogens is 334 g/mol. The van der Waals surface area contributed by atoms with E-state index in [0.717, 1.165) is 38.0 Å². The Kier molecular flexibility index (Phi) is 4.60. The van der Waals surface area contributed by atoms with Gasteiger partial charge in [0.25, 0.3) is 5.91 Å². The molecular formula is C23H27N3O. The van der Waals surface area contributed by atoms with Crippen LogP contribution < -0.4 is 5.32 Å². The first-order valence-electron chi connectivity index (χ1n) is 9.73. The molecule has 2 aromatic carbocycles. The first-order chi connectivity index (χ1) is 13.0. The third-order valence-electron chi connectivity index (χ3n) is 6.01. The van der Waals surface area contributed by atoms with Gasteiger partial charge < -0.3 is 5.32 Å². The zero-order chi connectivity index (χ0) is 19.0. The minimum atomic E-state index is -0.423. The summed E-state index contributed by atoms with van der Waals surface area (Å²) in [5.74, 6) is -0.0365. The van der Waals surface area contributed by atoms with Crippen LogP contribution in [0.2, 0.25) is 0 Å². The maximum absolute atomic E-state index is 12.6. The summed E-state index contributed by atoms with van der Waals surface area (Å²) in [6, 6.07) is 14.7. The molecule has 0 saturated carbocycles. The quantitative estimate of drug-likeness (QED) is 0.909. The molecule has 1 spiro atoms. The summed E-state index contributed by atoms with van der Waals surface area (Å²) in [4.78, 5) is 20.0. The lowest BCUT2D eigenvalue weighted by Gasteiger charge is -2.37. The molecule has 1 saturated heterocycles. The van der Waals surface area contributed by atoms with E-state index < -0.39 is 5.66 Å². The van der Waals surface area contributed by atoms with Crippen LogP contribution in [0.4, 0.5) is 0 Å². The number of nitrogens with one attached hydrogen (secondary N) is 1. The van der Waals surface area contributed by atoms with E-state index in [9.17, 15) is 4.79 Å². The molecule has 2 aliphatic heterocycles. The van der Waals surface area contributed by atoms with E-state index >= 15 is 0 Å². The second-order valence-corrected chi connectivity index (χ2v) is 7.95. The number of hydrogen-bond acceptors (Lipinski definition) is 3. The molecule has 2 heterocycles. The lowest BCUT2D eigenvalue weighted by Crippen LogP contribution is -2.50. The molecule has 2 aliphatic rings. The number of aliphatic imine (C=N–C) groups is 1. The highest BCUT2D eigenvalue weighted by atomic mass is 16.2. The van der Waals surface area contributed by atoms with Gasteiger partial charge in [-0.25, -0.2) is 0 Å². The van der Waals surface area contributed by atoms with Gasteiger partial charge in [-0.1, -0.05) is 36.4 Å². The molecule has 27 heavy (non-hydrogen) atoms. The van der Waals surface area contributed by atoms with Crippen molar-refractivity contribution < 1.29 is 4.79 Å². The number of rotatable bonds is 3.